The number of pyridine rings is 3. The maximum absolute atomic E-state index is 12.3. The molecule has 1 unspecified atom stereocenters. The molecule has 28 heavy (non-hydrogen) atoms. The second-order valence-electron chi connectivity index (χ2n) is 6.45. The van der Waals surface area contributed by atoms with Gasteiger partial charge in [-0.25, -0.2) is 9.78 Å². The van der Waals surface area contributed by atoms with E-state index in [1.165, 1.54) is 0 Å². The summed E-state index contributed by atoms with van der Waals surface area (Å²) < 4.78 is 0. The van der Waals surface area contributed by atoms with Crippen LogP contribution in [0, 0.1) is 6.92 Å². The van der Waals surface area contributed by atoms with Crippen molar-refractivity contribution in [3.8, 4) is 11.3 Å². The number of nitrogens with zero attached hydrogens (tertiary/aromatic N) is 4. The fourth-order valence-corrected chi connectivity index (χ4v) is 2.95. The van der Waals surface area contributed by atoms with Gasteiger partial charge in [-0.3, -0.25) is 20.4 Å². The normalized spacial score (nSPS) is 11.9. The van der Waals surface area contributed by atoms with Gasteiger partial charge in [0.1, 0.15) is 11.5 Å². The van der Waals surface area contributed by atoms with Gasteiger partial charge in [0.2, 0.25) is 0 Å². The van der Waals surface area contributed by atoms with Crippen LogP contribution in [0.15, 0.2) is 55.0 Å². The number of aryl methyl sites for hydroxylation is 1. The molecule has 0 fully saturated rings. The zero-order chi connectivity index (χ0) is 19.5. The number of amides is 2. The smallest absolute Gasteiger partial charge is 0.320 e. The van der Waals surface area contributed by atoms with Gasteiger partial charge in [0, 0.05) is 41.3 Å². The molecule has 0 aromatic carbocycles. The van der Waals surface area contributed by atoms with Crippen molar-refractivity contribution in [3.63, 3.8) is 0 Å². The van der Waals surface area contributed by atoms with Crippen LogP contribution in [0.3, 0.4) is 0 Å². The lowest BCUT2D eigenvalue weighted by Crippen LogP contribution is -2.31. The van der Waals surface area contributed by atoms with E-state index in [-0.39, 0.29) is 12.1 Å². The van der Waals surface area contributed by atoms with E-state index in [4.69, 9.17) is 0 Å². The van der Waals surface area contributed by atoms with Crippen molar-refractivity contribution in [2.75, 3.05) is 5.32 Å². The lowest BCUT2D eigenvalue weighted by molar-refractivity contribution is 0.249. The van der Waals surface area contributed by atoms with Crippen molar-refractivity contribution in [1.29, 1.82) is 0 Å². The van der Waals surface area contributed by atoms with E-state index in [0.717, 1.165) is 33.5 Å². The van der Waals surface area contributed by atoms with Crippen LogP contribution in [0.5, 0.6) is 0 Å². The molecule has 0 radical (unpaired) electrons. The van der Waals surface area contributed by atoms with Crippen LogP contribution in [-0.4, -0.2) is 31.2 Å². The van der Waals surface area contributed by atoms with Crippen molar-refractivity contribution < 1.29 is 4.79 Å². The van der Waals surface area contributed by atoms with E-state index in [1.54, 1.807) is 24.7 Å². The number of fused-ring (bicyclic) bond motifs is 1. The summed E-state index contributed by atoms with van der Waals surface area (Å²) in [6, 6.07) is 10.6. The lowest BCUT2D eigenvalue weighted by Gasteiger charge is -2.13. The number of nitrogens with one attached hydrogen (secondary N) is 3. The molecule has 0 aliphatic rings. The maximum Gasteiger partial charge on any atom is 0.320 e. The lowest BCUT2D eigenvalue weighted by atomic mass is 10.1. The Labute approximate surface area is 161 Å². The molecule has 2 amide bonds. The SMILES string of the molecule is Cc1cc(-c2n[nH]c3cc(NC(=O)NC(C)c4ccccn4)ncc23)ccn1. The molecule has 4 aromatic heterocycles. The Morgan fingerprint density at radius 2 is 2.00 bits per heavy atom. The second-order valence-corrected chi connectivity index (χ2v) is 6.45. The molecule has 0 saturated heterocycles. The van der Waals surface area contributed by atoms with E-state index in [0.29, 0.717) is 5.82 Å². The van der Waals surface area contributed by atoms with Crippen LogP contribution in [0.2, 0.25) is 0 Å². The van der Waals surface area contributed by atoms with Gasteiger partial charge in [-0.2, -0.15) is 5.10 Å². The summed E-state index contributed by atoms with van der Waals surface area (Å²) in [5, 5.41) is 13.8. The number of carbonyl (C=O) groups excluding carboxylic acids is 1. The Morgan fingerprint density at radius 1 is 1.11 bits per heavy atom. The average molecular weight is 373 g/mol. The topological polar surface area (TPSA) is 108 Å². The molecule has 8 heteroatoms. The van der Waals surface area contributed by atoms with Crippen LogP contribution in [0.1, 0.15) is 24.4 Å². The molecule has 140 valence electrons. The third-order valence-corrected chi connectivity index (χ3v) is 4.34. The molecule has 3 N–H and O–H groups in total. The number of carbonyl (C=O) groups is 1. The van der Waals surface area contributed by atoms with Gasteiger partial charge in [-0.15, -0.1) is 0 Å². The Hall–Kier alpha value is -3.81. The Balaban J connectivity index is 1.50. The van der Waals surface area contributed by atoms with Crippen molar-refractivity contribution >= 4 is 22.8 Å². The first-order valence-electron chi connectivity index (χ1n) is 8.86. The third kappa shape index (κ3) is 3.66. The molecule has 0 aliphatic heterocycles. The monoisotopic (exact) mass is 373 g/mol. The van der Waals surface area contributed by atoms with Crippen molar-refractivity contribution in [1.82, 2.24) is 30.5 Å². The van der Waals surface area contributed by atoms with Gasteiger partial charge in [0.25, 0.3) is 0 Å². The molecule has 4 rings (SSSR count). The third-order valence-electron chi connectivity index (χ3n) is 4.34. The van der Waals surface area contributed by atoms with Gasteiger partial charge in [0.05, 0.1) is 17.3 Å². The number of aromatic amines is 1. The summed E-state index contributed by atoms with van der Waals surface area (Å²) in [5.74, 6) is 0.430. The number of urea groups is 1. The molecule has 0 aliphatic carbocycles. The summed E-state index contributed by atoms with van der Waals surface area (Å²) in [7, 11) is 0. The Kier molecular flexibility index (Phi) is 4.67. The molecule has 4 heterocycles. The minimum absolute atomic E-state index is 0.224. The average Bonchev–Trinajstić information content (AvgIpc) is 3.12. The minimum Gasteiger partial charge on any atom is -0.330 e. The van der Waals surface area contributed by atoms with Gasteiger partial charge in [-0.05, 0) is 38.1 Å². The maximum atomic E-state index is 12.3. The fraction of sp³-hybridized carbons (Fsp3) is 0.150. The van der Waals surface area contributed by atoms with Crippen molar-refractivity contribution in [2.45, 2.75) is 19.9 Å². The van der Waals surface area contributed by atoms with Gasteiger partial charge in [0.15, 0.2) is 0 Å². The van der Waals surface area contributed by atoms with Gasteiger partial charge >= 0.3 is 6.03 Å². The summed E-state index contributed by atoms with van der Waals surface area (Å²) in [5.41, 5.74) is 4.24. The number of anilines is 1. The highest BCUT2D eigenvalue weighted by molar-refractivity contribution is 5.95. The molecule has 0 saturated carbocycles. The highest BCUT2D eigenvalue weighted by atomic mass is 16.2. The zero-order valence-electron chi connectivity index (χ0n) is 15.5. The summed E-state index contributed by atoms with van der Waals surface area (Å²) in [6.45, 7) is 3.81. The second kappa shape index (κ2) is 7.43. The predicted molar refractivity (Wildman–Crippen MR) is 107 cm³/mol. The Bertz CT molecular complexity index is 1120. The fourth-order valence-electron chi connectivity index (χ4n) is 2.95. The molecule has 1 atom stereocenters. The summed E-state index contributed by atoms with van der Waals surface area (Å²) >= 11 is 0. The Morgan fingerprint density at radius 3 is 2.79 bits per heavy atom. The first-order valence-corrected chi connectivity index (χ1v) is 8.86. The minimum atomic E-state index is -0.352. The number of H-pyrrole nitrogens is 1. The molecular weight excluding hydrogens is 354 g/mol. The van der Waals surface area contributed by atoms with Crippen LogP contribution in [-0.2, 0) is 0 Å². The zero-order valence-corrected chi connectivity index (χ0v) is 15.5. The largest absolute Gasteiger partial charge is 0.330 e. The number of hydrogen-bond acceptors (Lipinski definition) is 5. The van der Waals surface area contributed by atoms with Crippen LogP contribution in [0.4, 0.5) is 10.6 Å². The first kappa shape index (κ1) is 17.6. The van der Waals surface area contributed by atoms with Crippen LogP contribution < -0.4 is 10.6 Å². The van der Waals surface area contributed by atoms with E-state index in [1.807, 2.05) is 44.2 Å². The van der Waals surface area contributed by atoms with Crippen molar-refractivity contribution in [3.05, 3.63) is 66.4 Å². The molecule has 4 aromatic rings. The number of aromatic nitrogens is 5. The predicted octanol–water partition coefficient (Wildman–Crippen LogP) is 3.61. The first-order chi connectivity index (χ1) is 13.6. The number of hydrogen-bond donors (Lipinski definition) is 3. The summed E-state index contributed by atoms with van der Waals surface area (Å²) in [4.78, 5) is 25.1. The highest BCUT2D eigenvalue weighted by Crippen LogP contribution is 2.27. The van der Waals surface area contributed by atoms with E-state index >= 15 is 0 Å². The van der Waals surface area contributed by atoms with E-state index in [9.17, 15) is 4.79 Å². The van der Waals surface area contributed by atoms with Gasteiger partial charge in [-0.1, -0.05) is 6.07 Å². The van der Waals surface area contributed by atoms with Crippen molar-refractivity contribution in [2.24, 2.45) is 0 Å². The quantitative estimate of drug-likeness (QED) is 0.506. The van der Waals surface area contributed by atoms with E-state index in [2.05, 4.69) is 35.8 Å². The van der Waals surface area contributed by atoms with Crippen LogP contribution in [0.25, 0.3) is 22.2 Å². The molecular formula is C20H19N7O. The molecule has 0 bridgehead atoms. The van der Waals surface area contributed by atoms with Gasteiger partial charge < -0.3 is 5.32 Å². The highest BCUT2D eigenvalue weighted by Gasteiger charge is 2.13. The molecule has 0 spiro atoms. The molecule has 8 nitrogen and oxygen atoms in total. The number of rotatable bonds is 4. The standard InChI is InChI=1S/C20H19N7O/c1-12-9-14(6-8-21-12)19-15-11-23-18(10-17(15)26-27-19)25-20(28)24-13(2)16-5-3-4-7-22-16/h3-11,13H,1-2H3,(H,26,27)(H2,23,24,25,28). The van der Waals surface area contributed by atoms with E-state index < -0.39 is 0 Å². The summed E-state index contributed by atoms with van der Waals surface area (Å²) in [6.07, 6.45) is 5.14. The van der Waals surface area contributed by atoms with Crippen LogP contribution >= 0.6 is 0 Å².